The Morgan fingerprint density at radius 1 is 1.12 bits per heavy atom. The molecule has 0 aromatic heterocycles. The number of benzene rings is 1. The molecular weight excluding hydrogens is 204 g/mol. The van der Waals surface area contributed by atoms with Crippen LogP contribution in [0.15, 0.2) is 18.2 Å². The summed E-state index contributed by atoms with van der Waals surface area (Å²) in [6.45, 7) is 6.84. The SMILES string of the molecule is CC(C)(C)C(=O)c1ccc2c(c1)OCCO2. The van der Waals surface area contributed by atoms with Crippen molar-refractivity contribution in [1.82, 2.24) is 0 Å². The number of hydrogen-bond acceptors (Lipinski definition) is 3. The van der Waals surface area contributed by atoms with Gasteiger partial charge < -0.3 is 9.47 Å². The molecule has 0 atom stereocenters. The average Bonchev–Trinajstić information content (AvgIpc) is 2.26. The normalized spacial score (nSPS) is 14.7. The number of ketones is 1. The molecule has 1 aromatic carbocycles. The van der Waals surface area contributed by atoms with E-state index in [4.69, 9.17) is 9.47 Å². The third kappa shape index (κ3) is 2.03. The average molecular weight is 220 g/mol. The lowest BCUT2D eigenvalue weighted by molar-refractivity contribution is 0.0857. The van der Waals surface area contributed by atoms with E-state index in [0.29, 0.717) is 24.5 Å². The minimum absolute atomic E-state index is 0.115. The van der Waals surface area contributed by atoms with Crippen LogP contribution in [0.5, 0.6) is 11.5 Å². The van der Waals surface area contributed by atoms with E-state index in [2.05, 4.69) is 0 Å². The van der Waals surface area contributed by atoms with Crippen LogP contribution < -0.4 is 9.47 Å². The largest absolute Gasteiger partial charge is 0.486 e. The van der Waals surface area contributed by atoms with E-state index in [-0.39, 0.29) is 11.2 Å². The summed E-state index contributed by atoms with van der Waals surface area (Å²) in [5, 5.41) is 0. The predicted octanol–water partition coefficient (Wildman–Crippen LogP) is 2.69. The quantitative estimate of drug-likeness (QED) is 0.682. The number of rotatable bonds is 1. The number of carbonyl (C=O) groups is 1. The number of hydrogen-bond donors (Lipinski definition) is 0. The van der Waals surface area contributed by atoms with Crippen LogP contribution in [0.2, 0.25) is 0 Å². The highest BCUT2D eigenvalue weighted by atomic mass is 16.6. The van der Waals surface area contributed by atoms with Crippen LogP contribution in [0.25, 0.3) is 0 Å². The molecule has 0 saturated heterocycles. The van der Waals surface area contributed by atoms with E-state index >= 15 is 0 Å². The Balaban J connectivity index is 2.34. The molecule has 0 fully saturated rings. The van der Waals surface area contributed by atoms with Gasteiger partial charge in [-0.2, -0.15) is 0 Å². The molecular formula is C13H16O3. The molecule has 1 aliphatic heterocycles. The molecule has 0 spiro atoms. The molecule has 3 nitrogen and oxygen atoms in total. The highest BCUT2D eigenvalue weighted by Crippen LogP contribution is 2.32. The number of Topliss-reactive ketones (excluding diaryl/α,β-unsaturated/α-hetero) is 1. The Labute approximate surface area is 95.4 Å². The lowest BCUT2D eigenvalue weighted by Gasteiger charge is -2.21. The van der Waals surface area contributed by atoms with Crippen LogP contribution in [0.3, 0.4) is 0 Å². The topological polar surface area (TPSA) is 35.5 Å². The van der Waals surface area contributed by atoms with Crippen LogP contribution in [0.4, 0.5) is 0 Å². The Morgan fingerprint density at radius 2 is 1.75 bits per heavy atom. The van der Waals surface area contributed by atoms with Gasteiger partial charge in [0.25, 0.3) is 0 Å². The molecule has 1 aliphatic rings. The maximum absolute atomic E-state index is 12.1. The summed E-state index contributed by atoms with van der Waals surface area (Å²) < 4.78 is 10.9. The van der Waals surface area contributed by atoms with Crippen molar-refractivity contribution in [2.45, 2.75) is 20.8 Å². The molecule has 2 rings (SSSR count). The molecule has 0 amide bonds. The Bertz CT molecular complexity index is 416. The van der Waals surface area contributed by atoms with E-state index in [0.717, 1.165) is 5.75 Å². The molecule has 0 unspecified atom stereocenters. The molecule has 0 bridgehead atoms. The van der Waals surface area contributed by atoms with Crippen LogP contribution in [0.1, 0.15) is 31.1 Å². The van der Waals surface area contributed by atoms with Crippen molar-refractivity contribution in [2.24, 2.45) is 5.41 Å². The van der Waals surface area contributed by atoms with E-state index in [1.165, 1.54) is 0 Å². The van der Waals surface area contributed by atoms with Gasteiger partial charge in [0.1, 0.15) is 13.2 Å². The van der Waals surface area contributed by atoms with Crippen LogP contribution >= 0.6 is 0 Å². The van der Waals surface area contributed by atoms with Gasteiger partial charge in [0.2, 0.25) is 0 Å². The van der Waals surface area contributed by atoms with Crippen LogP contribution in [-0.2, 0) is 0 Å². The van der Waals surface area contributed by atoms with Gasteiger partial charge in [0.15, 0.2) is 17.3 Å². The highest BCUT2D eigenvalue weighted by molar-refractivity contribution is 6.00. The zero-order chi connectivity index (χ0) is 11.8. The summed E-state index contributed by atoms with van der Waals surface area (Å²) in [5.74, 6) is 1.50. The number of ether oxygens (including phenoxy) is 2. The summed E-state index contributed by atoms with van der Waals surface area (Å²) in [6.07, 6.45) is 0. The van der Waals surface area contributed by atoms with Gasteiger partial charge >= 0.3 is 0 Å². The molecule has 0 saturated carbocycles. The second-order valence-corrected chi connectivity index (χ2v) is 4.94. The first kappa shape index (κ1) is 11.0. The van der Waals surface area contributed by atoms with Gasteiger partial charge in [-0.05, 0) is 18.2 Å². The Hall–Kier alpha value is -1.51. The van der Waals surface area contributed by atoms with Gasteiger partial charge in [0.05, 0.1) is 0 Å². The smallest absolute Gasteiger partial charge is 0.168 e. The third-order valence-corrected chi connectivity index (χ3v) is 2.49. The lowest BCUT2D eigenvalue weighted by atomic mass is 9.86. The minimum Gasteiger partial charge on any atom is -0.486 e. The first-order valence-electron chi connectivity index (χ1n) is 5.43. The monoisotopic (exact) mass is 220 g/mol. The molecule has 0 N–H and O–H groups in total. The van der Waals surface area contributed by atoms with Crippen molar-refractivity contribution >= 4 is 5.78 Å². The fourth-order valence-electron chi connectivity index (χ4n) is 1.62. The number of fused-ring (bicyclic) bond motifs is 1. The van der Waals surface area contributed by atoms with Crippen molar-refractivity contribution in [3.05, 3.63) is 23.8 Å². The van der Waals surface area contributed by atoms with Crippen molar-refractivity contribution in [1.29, 1.82) is 0 Å². The van der Waals surface area contributed by atoms with E-state index in [1.807, 2.05) is 20.8 Å². The molecule has 86 valence electrons. The molecule has 1 aromatic rings. The summed E-state index contributed by atoms with van der Waals surface area (Å²) >= 11 is 0. The molecule has 0 aliphatic carbocycles. The Morgan fingerprint density at radius 3 is 2.38 bits per heavy atom. The zero-order valence-corrected chi connectivity index (χ0v) is 9.87. The molecule has 0 radical (unpaired) electrons. The molecule has 1 heterocycles. The zero-order valence-electron chi connectivity index (χ0n) is 9.87. The predicted molar refractivity (Wildman–Crippen MR) is 61.2 cm³/mol. The van der Waals surface area contributed by atoms with Gasteiger partial charge in [-0.1, -0.05) is 20.8 Å². The third-order valence-electron chi connectivity index (χ3n) is 2.49. The maximum atomic E-state index is 12.1. The summed E-state index contributed by atoms with van der Waals surface area (Å²) in [6, 6.07) is 5.36. The lowest BCUT2D eigenvalue weighted by Crippen LogP contribution is -2.21. The molecule has 16 heavy (non-hydrogen) atoms. The fraction of sp³-hybridized carbons (Fsp3) is 0.462. The van der Waals surface area contributed by atoms with Crippen molar-refractivity contribution in [2.75, 3.05) is 13.2 Å². The minimum atomic E-state index is -0.371. The standard InChI is InChI=1S/C13H16O3/c1-13(2,3)12(14)9-4-5-10-11(8-9)16-7-6-15-10/h4-5,8H,6-7H2,1-3H3. The first-order chi connectivity index (χ1) is 7.48. The maximum Gasteiger partial charge on any atom is 0.168 e. The van der Waals surface area contributed by atoms with Crippen molar-refractivity contribution in [3.8, 4) is 11.5 Å². The van der Waals surface area contributed by atoms with Gasteiger partial charge in [-0.25, -0.2) is 0 Å². The second-order valence-electron chi connectivity index (χ2n) is 4.94. The summed E-state index contributed by atoms with van der Waals surface area (Å²) in [4.78, 5) is 12.1. The van der Waals surface area contributed by atoms with Crippen molar-refractivity contribution in [3.63, 3.8) is 0 Å². The summed E-state index contributed by atoms with van der Waals surface area (Å²) in [5.41, 5.74) is 0.306. The van der Waals surface area contributed by atoms with Gasteiger partial charge in [0, 0.05) is 11.0 Å². The van der Waals surface area contributed by atoms with E-state index < -0.39 is 0 Å². The summed E-state index contributed by atoms with van der Waals surface area (Å²) in [7, 11) is 0. The van der Waals surface area contributed by atoms with E-state index in [1.54, 1.807) is 18.2 Å². The van der Waals surface area contributed by atoms with Crippen LogP contribution in [-0.4, -0.2) is 19.0 Å². The van der Waals surface area contributed by atoms with E-state index in [9.17, 15) is 4.79 Å². The fourth-order valence-corrected chi connectivity index (χ4v) is 1.62. The van der Waals surface area contributed by atoms with Gasteiger partial charge in [-0.15, -0.1) is 0 Å². The second kappa shape index (κ2) is 3.81. The van der Waals surface area contributed by atoms with Gasteiger partial charge in [-0.3, -0.25) is 4.79 Å². The van der Waals surface area contributed by atoms with Crippen LogP contribution in [0, 0.1) is 5.41 Å². The molecule has 3 heteroatoms. The Kier molecular flexibility index (Phi) is 2.62. The highest BCUT2D eigenvalue weighted by Gasteiger charge is 2.24. The van der Waals surface area contributed by atoms with Crippen molar-refractivity contribution < 1.29 is 14.3 Å². The number of carbonyl (C=O) groups excluding carboxylic acids is 1. The first-order valence-corrected chi connectivity index (χ1v) is 5.43.